The van der Waals surface area contributed by atoms with Gasteiger partial charge in [0.05, 0.1) is 17.2 Å². The number of nitrogens with zero attached hydrogens (tertiary/aromatic N) is 4. The number of rotatable bonds is 5. The van der Waals surface area contributed by atoms with E-state index in [2.05, 4.69) is 15.5 Å². The number of para-hydroxylation sites is 1. The van der Waals surface area contributed by atoms with Crippen molar-refractivity contribution in [3.8, 4) is 0 Å². The number of nitro groups is 1. The zero-order valence-electron chi connectivity index (χ0n) is 15.6. The SMILES string of the molecule is Cc1cc(C(=O)Nc2nc3c(s2)CN(S(=O)(=O)c2ccccc2[N+](=O)[O-])CC3)no1. The molecule has 3 heterocycles. The van der Waals surface area contributed by atoms with E-state index in [4.69, 9.17) is 4.52 Å². The molecular weight excluding hydrogens is 434 g/mol. The van der Waals surface area contributed by atoms with Crippen LogP contribution in [0.4, 0.5) is 10.8 Å². The number of benzene rings is 1. The van der Waals surface area contributed by atoms with E-state index < -0.39 is 26.5 Å². The Morgan fingerprint density at radius 3 is 2.83 bits per heavy atom. The molecule has 2 aromatic heterocycles. The standard InChI is InChI=1S/C17H15N5O6S2/c1-10-8-12(20-28-10)16(23)19-17-18-11-6-7-21(9-14(11)29-17)30(26,27)15-5-3-2-4-13(15)22(24)25/h2-5,8H,6-7,9H2,1H3,(H,18,19,23). The molecule has 0 aliphatic carbocycles. The van der Waals surface area contributed by atoms with E-state index in [1.807, 2.05) is 0 Å². The third-order valence-corrected chi connectivity index (χ3v) is 7.35. The van der Waals surface area contributed by atoms with Crippen molar-refractivity contribution < 1.29 is 22.7 Å². The largest absolute Gasteiger partial charge is 0.361 e. The molecule has 0 bridgehead atoms. The number of anilines is 1. The summed E-state index contributed by atoms with van der Waals surface area (Å²) in [7, 11) is -4.07. The second kappa shape index (κ2) is 7.59. The minimum Gasteiger partial charge on any atom is -0.361 e. The normalized spacial score (nSPS) is 14.3. The van der Waals surface area contributed by atoms with Crippen LogP contribution < -0.4 is 5.32 Å². The van der Waals surface area contributed by atoms with Crippen LogP contribution in [-0.4, -0.2) is 40.2 Å². The van der Waals surface area contributed by atoms with Crippen LogP contribution in [0.25, 0.3) is 0 Å². The van der Waals surface area contributed by atoms with Crippen molar-refractivity contribution in [2.45, 2.75) is 24.8 Å². The third-order valence-electron chi connectivity index (χ3n) is 4.46. The van der Waals surface area contributed by atoms with E-state index in [9.17, 15) is 23.3 Å². The Bertz CT molecular complexity index is 1250. The van der Waals surface area contributed by atoms with Gasteiger partial charge >= 0.3 is 0 Å². The van der Waals surface area contributed by atoms with Gasteiger partial charge in [0.25, 0.3) is 11.6 Å². The highest BCUT2D eigenvalue weighted by molar-refractivity contribution is 7.89. The Balaban J connectivity index is 1.56. The Labute approximate surface area is 174 Å². The predicted molar refractivity (Wildman–Crippen MR) is 106 cm³/mol. The molecule has 0 atom stereocenters. The van der Waals surface area contributed by atoms with Gasteiger partial charge in [0, 0.05) is 30.0 Å². The summed E-state index contributed by atoms with van der Waals surface area (Å²) in [5, 5.41) is 17.8. The molecule has 1 amide bonds. The van der Waals surface area contributed by atoms with E-state index >= 15 is 0 Å². The van der Waals surface area contributed by atoms with Crippen molar-refractivity contribution in [2.75, 3.05) is 11.9 Å². The summed E-state index contributed by atoms with van der Waals surface area (Å²) in [6.45, 7) is 1.80. The minimum atomic E-state index is -4.07. The van der Waals surface area contributed by atoms with Gasteiger partial charge in [-0.2, -0.15) is 4.31 Å². The first kappa shape index (κ1) is 20.1. The topological polar surface area (TPSA) is 149 Å². The number of amides is 1. The number of fused-ring (bicyclic) bond motifs is 1. The molecule has 30 heavy (non-hydrogen) atoms. The van der Waals surface area contributed by atoms with Crippen molar-refractivity contribution in [1.29, 1.82) is 0 Å². The molecule has 1 N–H and O–H groups in total. The maximum atomic E-state index is 13.0. The lowest BCUT2D eigenvalue weighted by Crippen LogP contribution is -2.35. The fraction of sp³-hybridized carbons (Fsp3) is 0.235. The van der Waals surface area contributed by atoms with Gasteiger partial charge in [0.2, 0.25) is 10.0 Å². The number of aromatic nitrogens is 2. The molecule has 3 aromatic rings. The van der Waals surface area contributed by atoms with Gasteiger partial charge in [0.1, 0.15) is 5.76 Å². The maximum absolute atomic E-state index is 13.0. The fourth-order valence-corrected chi connectivity index (χ4v) is 5.70. The van der Waals surface area contributed by atoms with Crippen molar-refractivity contribution >= 4 is 38.1 Å². The lowest BCUT2D eigenvalue weighted by atomic mass is 10.2. The summed E-state index contributed by atoms with van der Waals surface area (Å²) >= 11 is 1.15. The summed E-state index contributed by atoms with van der Waals surface area (Å²) in [6, 6.07) is 6.74. The van der Waals surface area contributed by atoms with Gasteiger partial charge in [-0.25, -0.2) is 13.4 Å². The highest BCUT2D eigenvalue weighted by Crippen LogP contribution is 2.33. The quantitative estimate of drug-likeness (QED) is 0.461. The maximum Gasteiger partial charge on any atom is 0.289 e. The molecule has 1 aliphatic rings. The van der Waals surface area contributed by atoms with Gasteiger partial charge in [-0.1, -0.05) is 17.3 Å². The van der Waals surface area contributed by atoms with Gasteiger partial charge in [-0.3, -0.25) is 20.2 Å². The number of carbonyl (C=O) groups is 1. The van der Waals surface area contributed by atoms with Gasteiger partial charge < -0.3 is 4.52 Å². The summed E-state index contributed by atoms with van der Waals surface area (Å²) in [6.07, 6.45) is 0.324. The van der Waals surface area contributed by atoms with Crippen molar-refractivity contribution in [1.82, 2.24) is 14.4 Å². The zero-order chi connectivity index (χ0) is 21.5. The average Bonchev–Trinajstić information content (AvgIpc) is 3.32. The van der Waals surface area contributed by atoms with Crippen molar-refractivity contribution in [3.63, 3.8) is 0 Å². The Kier molecular flexibility index (Phi) is 5.09. The summed E-state index contributed by atoms with van der Waals surface area (Å²) in [5.41, 5.74) is 0.324. The van der Waals surface area contributed by atoms with Crippen LogP contribution in [0.1, 0.15) is 26.8 Å². The van der Waals surface area contributed by atoms with Gasteiger partial charge in [-0.15, -0.1) is 11.3 Å². The molecule has 11 nitrogen and oxygen atoms in total. The monoisotopic (exact) mass is 449 g/mol. The van der Waals surface area contributed by atoms with Crippen LogP contribution in [0.2, 0.25) is 0 Å². The average molecular weight is 449 g/mol. The van der Waals surface area contributed by atoms with E-state index in [0.29, 0.717) is 27.9 Å². The number of hydrogen-bond donors (Lipinski definition) is 1. The lowest BCUT2D eigenvalue weighted by molar-refractivity contribution is -0.387. The van der Waals surface area contributed by atoms with Crippen LogP contribution in [0.5, 0.6) is 0 Å². The number of hydrogen-bond acceptors (Lipinski definition) is 9. The molecule has 0 saturated heterocycles. The molecule has 0 spiro atoms. The molecular formula is C17H15N5O6S2. The lowest BCUT2D eigenvalue weighted by Gasteiger charge is -2.25. The Hall–Kier alpha value is -3.16. The minimum absolute atomic E-state index is 0.0142. The second-order valence-corrected chi connectivity index (χ2v) is 9.47. The van der Waals surface area contributed by atoms with Crippen molar-refractivity contribution in [2.24, 2.45) is 0 Å². The molecule has 4 rings (SSSR count). The number of carbonyl (C=O) groups excluding carboxylic acids is 1. The second-order valence-electron chi connectivity index (χ2n) is 6.48. The van der Waals surface area contributed by atoms with Gasteiger partial charge in [0.15, 0.2) is 15.7 Å². The summed E-state index contributed by atoms with van der Waals surface area (Å²) in [5.74, 6) is 0.0109. The van der Waals surface area contributed by atoms with Gasteiger partial charge in [-0.05, 0) is 13.0 Å². The molecule has 0 radical (unpaired) electrons. The van der Waals surface area contributed by atoms with Crippen LogP contribution in [0.15, 0.2) is 39.8 Å². The van der Waals surface area contributed by atoms with E-state index in [1.54, 1.807) is 6.92 Å². The van der Waals surface area contributed by atoms with Crippen LogP contribution in [0.3, 0.4) is 0 Å². The predicted octanol–water partition coefficient (Wildman–Crippen LogP) is 2.35. The van der Waals surface area contributed by atoms with Crippen LogP contribution in [-0.2, 0) is 23.0 Å². The molecule has 156 valence electrons. The summed E-state index contributed by atoms with van der Waals surface area (Å²) < 4.78 is 32.1. The van der Waals surface area contributed by atoms with Crippen LogP contribution >= 0.6 is 11.3 Å². The van der Waals surface area contributed by atoms with E-state index in [-0.39, 0.29) is 23.7 Å². The highest BCUT2D eigenvalue weighted by atomic mass is 32.2. The molecule has 13 heteroatoms. The van der Waals surface area contributed by atoms with E-state index in [1.165, 1.54) is 28.6 Å². The number of nitrogens with one attached hydrogen (secondary N) is 1. The fourth-order valence-electron chi connectivity index (χ4n) is 3.03. The Morgan fingerprint density at radius 2 is 2.13 bits per heavy atom. The highest BCUT2D eigenvalue weighted by Gasteiger charge is 2.34. The van der Waals surface area contributed by atoms with E-state index in [0.717, 1.165) is 17.4 Å². The molecule has 0 fully saturated rings. The first-order valence-corrected chi connectivity index (χ1v) is 11.0. The van der Waals surface area contributed by atoms with Crippen LogP contribution in [0, 0.1) is 17.0 Å². The molecule has 0 unspecified atom stereocenters. The number of nitro benzene ring substituents is 1. The zero-order valence-corrected chi connectivity index (χ0v) is 17.2. The number of sulfonamides is 1. The summed E-state index contributed by atoms with van der Waals surface area (Å²) in [4.78, 5) is 27.4. The van der Waals surface area contributed by atoms with Crippen molar-refractivity contribution in [3.05, 3.63) is 62.5 Å². The first-order chi connectivity index (χ1) is 14.3. The molecule has 0 saturated carbocycles. The first-order valence-electron chi connectivity index (χ1n) is 8.72. The Morgan fingerprint density at radius 1 is 1.37 bits per heavy atom. The number of thiazole rings is 1. The third kappa shape index (κ3) is 3.69. The number of aryl methyl sites for hydroxylation is 1. The molecule has 1 aliphatic heterocycles. The molecule has 1 aromatic carbocycles. The smallest absolute Gasteiger partial charge is 0.289 e.